The summed E-state index contributed by atoms with van der Waals surface area (Å²) in [4.78, 5) is 0.0706. The molecule has 114 valence electrons. The van der Waals surface area contributed by atoms with Crippen LogP contribution < -0.4 is 0 Å². The third kappa shape index (κ3) is 6.01. The minimum absolute atomic E-state index is 0.0706. The molecule has 20 heavy (non-hydrogen) atoms. The number of hydrogen-bond donors (Lipinski definition) is 0. The van der Waals surface area contributed by atoms with Crippen molar-refractivity contribution in [1.29, 1.82) is 0 Å². The molecule has 0 unspecified atom stereocenters. The van der Waals surface area contributed by atoms with E-state index in [1.54, 1.807) is 12.1 Å². The van der Waals surface area contributed by atoms with Gasteiger partial charge in [0.1, 0.15) is 6.17 Å². The first-order chi connectivity index (χ1) is 9.45. The zero-order chi connectivity index (χ0) is 15.0. The largest absolute Gasteiger partial charge is 0.297 e. The first-order valence-corrected chi connectivity index (χ1v) is 8.46. The molecule has 0 saturated carbocycles. The van der Waals surface area contributed by atoms with E-state index < -0.39 is 22.9 Å². The van der Waals surface area contributed by atoms with Crippen LogP contribution in [0.15, 0.2) is 29.2 Å². The summed E-state index contributed by atoms with van der Waals surface area (Å²) in [6, 6.07) is 6.32. The Balaban J connectivity index is 2.41. The van der Waals surface area contributed by atoms with E-state index in [2.05, 4.69) is 6.92 Å². The van der Waals surface area contributed by atoms with E-state index >= 15 is 0 Å². The summed E-state index contributed by atoms with van der Waals surface area (Å²) in [5.41, 5.74) is 0.961. The molecule has 0 spiro atoms. The Labute approximate surface area is 121 Å². The van der Waals surface area contributed by atoms with E-state index in [-0.39, 0.29) is 4.90 Å². The molecule has 0 aliphatic heterocycles. The Bertz CT molecular complexity index is 482. The maximum Gasteiger partial charge on any atom is 0.297 e. The zero-order valence-corrected chi connectivity index (χ0v) is 13.0. The molecule has 0 bridgehead atoms. The fraction of sp³-hybridized carbons (Fsp3) is 0.600. The molecule has 0 saturated heterocycles. The van der Waals surface area contributed by atoms with Crippen molar-refractivity contribution < 1.29 is 17.0 Å². The van der Waals surface area contributed by atoms with Crippen LogP contribution in [0.1, 0.15) is 44.6 Å². The van der Waals surface area contributed by atoms with Gasteiger partial charge >= 0.3 is 0 Å². The topological polar surface area (TPSA) is 43.4 Å². The van der Waals surface area contributed by atoms with Crippen molar-refractivity contribution in [2.45, 2.75) is 57.0 Å². The first-order valence-electron chi connectivity index (χ1n) is 7.06. The highest BCUT2D eigenvalue weighted by atomic mass is 32.2. The van der Waals surface area contributed by atoms with Crippen molar-refractivity contribution in [3.05, 3.63) is 29.8 Å². The average molecular weight is 302 g/mol. The molecule has 1 aromatic rings. The van der Waals surface area contributed by atoms with Crippen LogP contribution in [0.5, 0.6) is 0 Å². The maximum absolute atomic E-state index is 13.6. The van der Waals surface area contributed by atoms with Crippen LogP contribution in [0, 0.1) is 6.92 Å². The number of alkyl halides is 1. The van der Waals surface area contributed by atoms with Gasteiger partial charge in [-0.3, -0.25) is 4.18 Å². The lowest BCUT2D eigenvalue weighted by Crippen LogP contribution is -2.15. The van der Waals surface area contributed by atoms with Gasteiger partial charge in [0.25, 0.3) is 10.1 Å². The van der Waals surface area contributed by atoms with Crippen molar-refractivity contribution in [3.8, 4) is 0 Å². The average Bonchev–Trinajstić information content (AvgIpc) is 2.42. The Kier molecular flexibility index (Phi) is 7.16. The van der Waals surface area contributed by atoms with Gasteiger partial charge in [-0.15, -0.1) is 0 Å². The summed E-state index contributed by atoms with van der Waals surface area (Å²) >= 11 is 0. The summed E-state index contributed by atoms with van der Waals surface area (Å²) in [6.45, 7) is 3.55. The third-order valence-corrected chi connectivity index (χ3v) is 4.38. The quantitative estimate of drug-likeness (QED) is 0.511. The Hall–Kier alpha value is -0.940. The lowest BCUT2D eigenvalue weighted by Gasteiger charge is -2.09. The molecule has 1 atom stereocenters. The van der Waals surface area contributed by atoms with Crippen LogP contribution in [-0.2, 0) is 14.3 Å². The normalized spacial score (nSPS) is 13.3. The molecule has 0 fully saturated rings. The van der Waals surface area contributed by atoms with Crippen molar-refractivity contribution in [2.24, 2.45) is 0 Å². The highest BCUT2D eigenvalue weighted by molar-refractivity contribution is 7.86. The van der Waals surface area contributed by atoms with E-state index in [1.807, 2.05) is 6.92 Å². The van der Waals surface area contributed by atoms with Gasteiger partial charge in [-0.05, 0) is 25.5 Å². The molecule has 0 radical (unpaired) electrons. The van der Waals surface area contributed by atoms with E-state index in [0.29, 0.717) is 6.42 Å². The predicted octanol–water partition coefficient (Wildman–Crippen LogP) is 4.01. The summed E-state index contributed by atoms with van der Waals surface area (Å²) in [6.07, 6.45) is 3.03. The first kappa shape index (κ1) is 17.1. The maximum atomic E-state index is 13.6. The number of aryl methyl sites for hydroxylation is 1. The van der Waals surface area contributed by atoms with E-state index in [4.69, 9.17) is 4.18 Å². The fourth-order valence-corrected chi connectivity index (χ4v) is 2.74. The van der Waals surface area contributed by atoms with Crippen LogP contribution in [0.2, 0.25) is 0 Å². The van der Waals surface area contributed by atoms with Crippen LogP contribution in [0.25, 0.3) is 0 Å². The Morgan fingerprint density at radius 3 is 2.40 bits per heavy atom. The zero-order valence-electron chi connectivity index (χ0n) is 12.1. The highest BCUT2D eigenvalue weighted by Crippen LogP contribution is 2.15. The minimum atomic E-state index is -3.85. The lowest BCUT2D eigenvalue weighted by atomic mass is 10.1. The SMILES string of the molecule is CCCCCC[C@H](F)COS(=O)(=O)c1ccc(C)cc1. The molecule has 5 heteroatoms. The van der Waals surface area contributed by atoms with Gasteiger partial charge in [0, 0.05) is 0 Å². The van der Waals surface area contributed by atoms with Crippen LogP contribution >= 0.6 is 0 Å². The molecule has 0 N–H and O–H groups in total. The molecule has 1 aromatic carbocycles. The standard InChI is InChI=1S/C15H23FO3S/c1-3-4-5-6-7-14(16)12-19-20(17,18)15-10-8-13(2)9-11-15/h8-11,14H,3-7,12H2,1-2H3/t14-/m0/s1. The third-order valence-electron chi connectivity index (χ3n) is 3.08. The number of unbranched alkanes of at least 4 members (excludes halogenated alkanes) is 3. The summed E-state index contributed by atoms with van der Waals surface area (Å²) in [5, 5.41) is 0. The van der Waals surface area contributed by atoms with Gasteiger partial charge in [0.15, 0.2) is 0 Å². The molecule has 0 heterocycles. The van der Waals surface area contributed by atoms with Crippen molar-refractivity contribution in [1.82, 2.24) is 0 Å². The molecular weight excluding hydrogens is 279 g/mol. The molecule has 0 amide bonds. The monoisotopic (exact) mass is 302 g/mol. The van der Waals surface area contributed by atoms with Gasteiger partial charge in [-0.25, -0.2) is 4.39 Å². The number of hydrogen-bond acceptors (Lipinski definition) is 3. The molecule has 0 aliphatic rings. The van der Waals surface area contributed by atoms with Crippen LogP contribution in [0.3, 0.4) is 0 Å². The molecule has 3 nitrogen and oxygen atoms in total. The van der Waals surface area contributed by atoms with Gasteiger partial charge < -0.3 is 0 Å². The Morgan fingerprint density at radius 1 is 1.15 bits per heavy atom. The van der Waals surface area contributed by atoms with Gasteiger partial charge in [0.2, 0.25) is 0 Å². The molecular formula is C15H23FO3S. The van der Waals surface area contributed by atoms with Crippen molar-refractivity contribution in [2.75, 3.05) is 6.61 Å². The summed E-state index contributed by atoms with van der Waals surface area (Å²) < 4.78 is 42.0. The summed E-state index contributed by atoms with van der Waals surface area (Å²) in [7, 11) is -3.85. The minimum Gasteiger partial charge on any atom is -0.263 e. The van der Waals surface area contributed by atoms with Gasteiger partial charge in [0.05, 0.1) is 11.5 Å². The molecule has 0 aromatic heterocycles. The Morgan fingerprint density at radius 2 is 1.80 bits per heavy atom. The van der Waals surface area contributed by atoms with Crippen LogP contribution in [-0.4, -0.2) is 21.2 Å². The number of halogens is 1. The van der Waals surface area contributed by atoms with Crippen LogP contribution in [0.4, 0.5) is 4.39 Å². The van der Waals surface area contributed by atoms with E-state index in [9.17, 15) is 12.8 Å². The van der Waals surface area contributed by atoms with Gasteiger partial charge in [-0.2, -0.15) is 8.42 Å². The van der Waals surface area contributed by atoms with E-state index in [1.165, 1.54) is 12.1 Å². The number of rotatable bonds is 9. The molecule has 0 aliphatic carbocycles. The fourth-order valence-electron chi connectivity index (χ4n) is 1.81. The molecule has 1 rings (SSSR count). The second kappa shape index (κ2) is 8.37. The predicted molar refractivity (Wildman–Crippen MR) is 78.0 cm³/mol. The van der Waals surface area contributed by atoms with Crippen molar-refractivity contribution in [3.63, 3.8) is 0 Å². The number of benzene rings is 1. The van der Waals surface area contributed by atoms with Crippen molar-refractivity contribution >= 4 is 10.1 Å². The highest BCUT2D eigenvalue weighted by Gasteiger charge is 2.17. The second-order valence-electron chi connectivity index (χ2n) is 5.00. The lowest BCUT2D eigenvalue weighted by molar-refractivity contribution is 0.188. The van der Waals surface area contributed by atoms with Gasteiger partial charge in [-0.1, -0.05) is 50.3 Å². The second-order valence-corrected chi connectivity index (χ2v) is 6.61. The smallest absolute Gasteiger partial charge is 0.263 e. The summed E-state index contributed by atoms with van der Waals surface area (Å²) in [5.74, 6) is 0. The van der Waals surface area contributed by atoms with E-state index in [0.717, 1.165) is 31.2 Å².